The van der Waals surface area contributed by atoms with Crippen LogP contribution in [0.3, 0.4) is 0 Å². The van der Waals surface area contributed by atoms with Crippen LogP contribution in [0.5, 0.6) is 6.01 Å². The zero-order valence-electron chi connectivity index (χ0n) is 22.8. The Labute approximate surface area is 239 Å². The molecule has 2 aromatic carbocycles. The van der Waals surface area contributed by atoms with E-state index in [1.165, 1.54) is 25.3 Å². The molecule has 1 aliphatic rings. The monoisotopic (exact) mass is 578 g/mol. The summed E-state index contributed by atoms with van der Waals surface area (Å²) in [5.74, 6) is -0.950. The van der Waals surface area contributed by atoms with Gasteiger partial charge in [-0.2, -0.15) is 15.2 Å². The molecule has 0 aliphatic carbocycles. The number of hydrogen-bond donors (Lipinski definition) is 1. The molecule has 1 saturated heterocycles. The number of halogens is 2. The van der Waals surface area contributed by atoms with Crippen LogP contribution in [-0.4, -0.2) is 66.8 Å². The lowest BCUT2D eigenvalue weighted by Gasteiger charge is -2.32. The Balaban J connectivity index is 1.68. The predicted octanol–water partition coefficient (Wildman–Crippen LogP) is 4.88. The van der Waals surface area contributed by atoms with E-state index in [0.29, 0.717) is 29.7 Å². The number of likely N-dealkylation sites (tertiary alicyclic amines) is 1. The van der Waals surface area contributed by atoms with Gasteiger partial charge in [0.25, 0.3) is 0 Å². The van der Waals surface area contributed by atoms with Gasteiger partial charge in [0.05, 0.1) is 22.9 Å². The fraction of sp³-hybridized carbons (Fsp3) is 0.310. The van der Waals surface area contributed by atoms with E-state index in [4.69, 9.17) is 15.2 Å². The van der Waals surface area contributed by atoms with E-state index in [2.05, 4.69) is 16.5 Å². The number of thiophene rings is 1. The molecule has 0 bridgehead atoms. The van der Waals surface area contributed by atoms with E-state index < -0.39 is 11.6 Å². The van der Waals surface area contributed by atoms with Gasteiger partial charge in [-0.25, -0.2) is 8.78 Å². The molecule has 1 aliphatic heterocycles. The molecule has 212 valence electrons. The second-order valence-corrected chi connectivity index (χ2v) is 10.7. The smallest absolute Gasteiger partial charge is 0.319 e. The topological polar surface area (TPSA) is 118 Å². The maximum Gasteiger partial charge on any atom is 0.319 e. The summed E-state index contributed by atoms with van der Waals surface area (Å²) < 4.78 is 42.1. The van der Waals surface area contributed by atoms with Gasteiger partial charge in [0.15, 0.2) is 5.82 Å². The number of aromatic nitrogens is 2. The minimum Gasteiger partial charge on any atom is -0.461 e. The molecule has 2 aromatic heterocycles. The van der Waals surface area contributed by atoms with Crippen LogP contribution < -0.4 is 15.4 Å². The van der Waals surface area contributed by atoms with Gasteiger partial charge in [0, 0.05) is 43.1 Å². The van der Waals surface area contributed by atoms with Crippen molar-refractivity contribution in [3.63, 3.8) is 0 Å². The molecule has 0 saturated carbocycles. The first-order valence-electron chi connectivity index (χ1n) is 12.9. The molecule has 1 amide bonds. The van der Waals surface area contributed by atoms with Crippen LogP contribution in [0.1, 0.15) is 18.9 Å². The molecule has 12 heteroatoms. The Morgan fingerprint density at radius 3 is 2.76 bits per heavy atom. The first kappa shape index (κ1) is 28.2. The number of carbonyl (C=O) groups is 1. The highest BCUT2D eigenvalue weighted by molar-refractivity contribution is 7.23. The maximum atomic E-state index is 16.4. The van der Waals surface area contributed by atoms with Gasteiger partial charge in [0.1, 0.15) is 34.8 Å². The normalized spacial score (nSPS) is 16.7. The second kappa shape index (κ2) is 11.3. The average molecular weight is 579 g/mol. The lowest BCUT2D eigenvalue weighted by atomic mass is 9.97. The molecule has 0 radical (unpaired) electrons. The summed E-state index contributed by atoms with van der Waals surface area (Å²) in [6.45, 7) is 6.51. The molecule has 2 N–H and O–H groups in total. The minimum absolute atomic E-state index is 0.00405. The van der Waals surface area contributed by atoms with Crippen LogP contribution in [-0.2, 0) is 9.53 Å². The number of nitrogens with zero attached hydrogens (tertiary/aromatic N) is 5. The summed E-state index contributed by atoms with van der Waals surface area (Å²) in [4.78, 5) is 25.0. The summed E-state index contributed by atoms with van der Waals surface area (Å²) in [7, 11) is 3.37. The van der Waals surface area contributed by atoms with Crippen molar-refractivity contribution in [2.45, 2.75) is 25.4 Å². The Morgan fingerprint density at radius 2 is 2.05 bits per heavy atom. The molecule has 9 nitrogen and oxygen atoms in total. The molecular formula is C29H28F2N6O3S. The number of carbonyl (C=O) groups excluding carboxylic acids is 1. The molecule has 41 heavy (non-hydrogen) atoms. The third-order valence-electron chi connectivity index (χ3n) is 7.51. The second-order valence-electron chi connectivity index (χ2n) is 9.69. The highest BCUT2D eigenvalue weighted by Crippen LogP contribution is 2.43. The number of hydrogen-bond acceptors (Lipinski definition) is 9. The van der Waals surface area contributed by atoms with Crippen molar-refractivity contribution in [1.82, 2.24) is 14.9 Å². The van der Waals surface area contributed by atoms with Crippen molar-refractivity contribution >= 4 is 49.1 Å². The van der Waals surface area contributed by atoms with E-state index in [1.807, 2.05) is 24.9 Å². The number of nitriles is 1. The quantitative estimate of drug-likeness (QED) is 0.232. The summed E-state index contributed by atoms with van der Waals surface area (Å²) >= 11 is 0.946. The summed E-state index contributed by atoms with van der Waals surface area (Å²) in [5, 5.41) is 10.6. The van der Waals surface area contributed by atoms with Crippen LogP contribution in [0.15, 0.2) is 36.9 Å². The summed E-state index contributed by atoms with van der Waals surface area (Å²) in [5.41, 5.74) is 6.54. The zero-order valence-corrected chi connectivity index (χ0v) is 23.6. The zero-order chi connectivity index (χ0) is 29.4. The van der Waals surface area contributed by atoms with E-state index in [9.17, 15) is 14.4 Å². The first-order chi connectivity index (χ1) is 19.7. The number of benzene rings is 2. The van der Waals surface area contributed by atoms with Crippen LogP contribution in [0.4, 0.5) is 19.6 Å². The fourth-order valence-electron chi connectivity index (χ4n) is 5.43. The van der Waals surface area contributed by atoms with Gasteiger partial charge in [-0.3, -0.25) is 4.79 Å². The van der Waals surface area contributed by atoms with Crippen molar-refractivity contribution in [2.24, 2.45) is 0 Å². The van der Waals surface area contributed by atoms with E-state index in [1.54, 1.807) is 17.0 Å². The Bertz CT molecular complexity index is 1720. The highest BCUT2D eigenvalue weighted by Gasteiger charge is 2.36. The Kier molecular flexibility index (Phi) is 7.75. The number of ether oxygens (including phenoxy) is 2. The highest BCUT2D eigenvalue weighted by atomic mass is 32.1. The molecule has 5 rings (SSSR count). The number of anilines is 2. The molecule has 1 fully saturated rings. The molecule has 0 unspecified atom stereocenters. The number of nitrogen functional groups attached to an aromatic ring is 1. The van der Waals surface area contributed by atoms with E-state index in [0.717, 1.165) is 11.3 Å². The van der Waals surface area contributed by atoms with Crippen molar-refractivity contribution in [1.29, 1.82) is 5.26 Å². The molecule has 4 aromatic rings. The number of amides is 1. The number of rotatable bonds is 8. The Hall–Kier alpha value is -4.34. The lowest BCUT2D eigenvalue weighted by molar-refractivity contribution is -0.126. The molecule has 0 spiro atoms. The predicted molar refractivity (Wildman–Crippen MR) is 155 cm³/mol. The van der Waals surface area contributed by atoms with Gasteiger partial charge in [0.2, 0.25) is 5.91 Å². The van der Waals surface area contributed by atoms with Crippen molar-refractivity contribution in [2.75, 3.05) is 44.5 Å². The van der Waals surface area contributed by atoms with E-state index >= 15 is 4.39 Å². The van der Waals surface area contributed by atoms with Crippen LogP contribution in [0.2, 0.25) is 0 Å². The summed E-state index contributed by atoms with van der Waals surface area (Å²) in [6, 6.07) is 7.64. The standard InChI is InChI=1S/C29H28F2N6O3S/c1-5-22(38)37-11-10-21(15(37)2)36(3)28-18-7-6-17(24(31)25(18)34-29(35-28)40-13-12-39-4)16-8-9-20(30)26-23(16)19(14-32)27(33)41-26/h5-9,15,21H,1,10-13,33H2,2-4H3/t15-,21-/m1/s1. The third kappa shape index (κ3) is 4.81. The van der Waals surface area contributed by atoms with Crippen LogP contribution in [0, 0.1) is 23.0 Å². The number of nitrogens with two attached hydrogens (primary N) is 1. The molecule has 2 atom stereocenters. The summed E-state index contributed by atoms with van der Waals surface area (Å²) in [6.07, 6.45) is 1.97. The van der Waals surface area contributed by atoms with Crippen LogP contribution >= 0.6 is 11.3 Å². The van der Waals surface area contributed by atoms with Crippen molar-refractivity contribution in [3.05, 3.63) is 54.1 Å². The van der Waals surface area contributed by atoms with Gasteiger partial charge >= 0.3 is 6.01 Å². The Morgan fingerprint density at radius 1 is 1.29 bits per heavy atom. The van der Waals surface area contributed by atoms with Crippen molar-refractivity contribution < 1.29 is 23.0 Å². The molecular weight excluding hydrogens is 550 g/mol. The van der Waals surface area contributed by atoms with Gasteiger partial charge in [-0.15, -0.1) is 11.3 Å². The van der Waals surface area contributed by atoms with Gasteiger partial charge in [-0.05, 0) is 37.1 Å². The third-order valence-corrected chi connectivity index (χ3v) is 8.54. The first-order valence-corrected chi connectivity index (χ1v) is 13.7. The molecule has 3 heterocycles. The lowest BCUT2D eigenvalue weighted by Crippen LogP contribution is -2.43. The maximum absolute atomic E-state index is 16.4. The van der Waals surface area contributed by atoms with Gasteiger partial charge < -0.3 is 25.0 Å². The van der Waals surface area contributed by atoms with Gasteiger partial charge in [-0.1, -0.05) is 18.7 Å². The SMILES string of the molecule is C=CC(=O)N1CC[C@@H](N(C)c2nc(OCCOC)nc3c(F)c(-c4ccc(F)c5sc(N)c(C#N)c45)ccc23)[C@H]1C. The average Bonchev–Trinajstić information content (AvgIpc) is 3.52. The number of likely N-dealkylation sites (N-methyl/N-ethyl adjacent to an activating group) is 1. The fourth-order valence-corrected chi connectivity index (χ4v) is 6.38. The van der Waals surface area contributed by atoms with E-state index in [-0.39, 0.29) is 68.9 Å². The number of fused-ring (bicyclic) bond motifs is 2. The number of methoxy groups -OCH3 is 1. The van der Waals surface area contributed by atoms with Crippen molar-refractivity contribution in [3.8, 4) is 23.2 Å². The van der Waals surface area contributed by atoms with Crippen LogP contribution in [0.25, 0.3) is 32.1 Å². The minimum atomic E-state index is -0.680. The largest absolute Gasteiger partial charge is 0.461 e.